The van der Waals surface area contributed by atoms with Crippen LogP contribution in [-0.4, -0.2) is 27.0 Å². The molecular weight excluding hydrogens is 396 g/mol. The molecule has 4 rings (SSSR count). The number of hydrogen-bond acceptors (Lipinski definition) is 3. The van der Waals surface area contributed by atoms with Crippen LogP contribution in [0.3, 0.4) is 0 Å². The summed E-state index contributed by atoms with van der Waals surface area (Å²) in [6.07, 6.45) is 7.60. The zero-order chi connectivity index (χ0) is 21.3. The summed E-state index contributed by atoms with van der Waals surface area (Å²) in [5, 5.41) is 0.691. The van der Waals surface area contributed by atoms with E-state index in [-0.39, 0.29) is 11.0 Å². The van der Waals surface area contributed by atoms with Crippen molar-refractivity contribution >= 4 is 23.2 Å². The van der Waals surface area contributed by atoms with E-state index in [4.69, 9.17) is 16.6 Å². The molecule has 6 heteroatoms. The van der Waals surface area contributed by atoms with Crippen LogP contribution in [0.1, 0.15) is 52.9 Å². The van der Waals surface area contributed by atoms with Crippen LogP contribution in [0, 0.1) is 5.41 Å². The Bertz CT molecular complexity index is 1080. The fraction of sp³-hybridized carbons (Fsp3) is 0.500. The molecule has 160 valence electrons. The second-order valence-corrected chi connectivity index (χ2v) is 9.63. The Labute approximate surface area is 183 Å². The maximum atomic E-state index is 13.0. The lowest BCUT2D eigenvalue weighted by Crippen LogP contribution is -2.42. The maximum absolute atomic E-state index is 13.0. The van der Waals surface area contributed by atoms with Gasteiger partial charge in [0.2, 0.25) is 5.78 Å². The van der Waals surface area contributed by atoms with E-state index < -0.39 is 0 Å². The standard InChI is InChI=1S/C24H31ClN4O/c1-4-5-6-14-28-21(27-13-7-12-24(2,3)17-27)15-22(30)29-16-20(26-23(28)29)18-8-10-19(25)11-9-18/h8-11,15-16H,4-7,12-14,17H2,1-3H3. The average molecular weight is 427 g/mol. The summed E-state index contributed by atoms with van der Waals surface area (Å²) in [6, 6.07) is 9.41. The number of halogens is 1. The summed E-state index contributed by atoms with van der Waals surface area (Å²) in [4.78, 5) is 20.3. The molecule has 5 nitrogen and oxygen atoms in total. The molecule has 1 aliphatic heterocycles. The van der Waals surface area contributed by atoms with Crippen molar-refractivity contribution in [1.82, 2.24) is 14.0 Å². The molecule has 0 saturated carbocycles. The van der Waals surface area contributed by atoms with Gasteiger partial charge in [0.25, 0.3) is 5.56 Å². The number of unbranched alkanes of at least 4 members (excludes halogenated alkanes) is 2. The molecule has 0 spiro atoms. The lowest BCUT2D eigenvalue weighted by Gasteiger charge is -2.40. The molecule has 1 saturated heterocycles. The van der Waals surface area contributed by atoms with Gasteiger partial charge in [0.15, 0.2) is 0 Å². The highest BCUT2D eigenvalue weighted by molar-refractivity contribution is 6.30. The summed E-state index contributed by atoms with van der Waals surface area (Å²) in [5.41, 5.74) is 1.98. The molecule has 0 atom stereocenters. The van der Waals surface area contributed by atoms with Crippen LogP contribution >= 0.6 is 11.6 Å². The topological polar surface area (TPSA) is 42.5 Å². The Balaban J connectivity index is 1.83. The Morgan fingerprint density at radius 3 is 2.63 bits per heavy atom. The maximum Gasteiger partial charge on any atom is 0.261 e. The van der Waals surface area contributed by atoms with Gasteiger partial charge in [-0.1, -0.05) is 57.3 Å². The Morgan fingerprint density at radius 2 is 1.93 bits per heavy atom. The monoisotopic (exact) mass is 426 g/mol. The predicted octanol–water partition coefficient (Wildman–Crippen LogP) is 5.63. The van der Waals surface area contributed by atoms with Crippen LogP contribution in [0.25, 0.3) is 17.0 Å². The second kappa shape index (κ2) is 8.46. The lowest BCUT2D eigenvalue weighted by molar-refractivity contribution is 0.290. The van der Waals surface area contributed by atoms with Gasteiger partial charge < -0.3 is 4.90 Å². The minimum atomic E-state index is -0.0252. The zero-order valence-corrected chi connectivity index (χ0v) is 19.0. The molecule has 0 amide bonds. The van der Waals surface area contributed by atoms with Crippen molar-refractivity contribution in [3.63, 3.8) is 0 Å². The number of hydrogen-bond donors (Lipinski definition) is 0. The number of nitrogens with zero attached hydrogens (tertiary/aromatic N) is 4. The highest BCUT2D eigenvalue weighted by atomic mass is 35.5. The molecule has 0 radical (unpaired) electrons. The number of rotatable bonds is 6. The fourth-order valence-corrected chi connectivity index (χ4v) is 4.58. The summed E-state index contributed by atoms with van der Waals surface area (Å²) >= 11 is 6.04. The molecule has 1 fully saturated rings. The number of imidazole rings is 1. The van der Waals surface area contributed by atoms with Crippen molar-refractivity contribution in [1.29, 1.82) is 0 Å². The van der Waals surface area contributed by atoms with Gasteiger partial charge in [-0.05, 0) is 36.8 Å². The van der Waals surface area contributed by atoms with Gasteiger partial charge in [0.1, 0.15) is 5.82 Å². The zero-order valence-electron chi connectivity index (χ0n) is 18.2. The molecule has 30 heavy (non-hydrogen) atoms. The highest BCUT2D eigenvalue weighted by Crippen LogP contribution is 2.32. The minimum Gasteiger partial charge on any atom is -0.357 e. The third kappa shape index (κ3) is 4.27. The third-order valence-electron chi connectivity index (χ3n) is 6.05. The summed E-state index contributed by atoms with van der Waals surface area (Å²) < 4.78 is 3.94. The number of piperidine rings is 1. The smallest absolute Gasteiger partial charge is 0.261 e. The number of aromatic nitrogens is 3. The van der Waals surface area contributed by atoms with Crippen LogP contribution in [0.2, 0.25) is 5.02 Å². The predicted molar refractivity (Wildman–Crippen MR) is 125 cm³/mol. The van der Waals surface area contributed by atoms with Gasteiger partial charge in [-0.3, -0.25) is 13.8 Å². The first-order valence-corrected chi connectivity index (χ1v) is 11.4. The normalized spacial score (nSPS) is 16.3. The van der Waals surface area contributed by atoms with E-state index in [1.807, 2.05) is 30.5 Å². The molecule has 3 heterocycles. The molecule has 1 aromatic carbocycles. The SMILES string of the molecule is CCCCCn1c(N2CCCC(C)(C)C2)cc(=O)n2cc(-c3ccc(Cl)cc3)nc12. The van der Waals surface area contributed by atoms with Crippen molar-refractivity contribution < 1.29 is 0 Å². The van der Waals surface area contributed by atoms with E-state index in [0.29, 0.717) is 5.02 Å². The average Bonchev–Trinajstić information content (AvgIpc) is 3.15. The van der Waals surface area contributed by atoms with E-state index in [0.717, 1.165) is 68.2 Å². The number of fused-ring (bicyclic) bond motifs is 1. The Hall–Kier alpha value is -2.27. The molecule has 2 aromatic heterocycles. The van der Waals surface area contributed by atoms with Crippen molar-refractivity contribution in [3.05, 3.63) is 51.9 Å². The number of aryl methyl sites for hydroxylation is 1. The molecule has 1 aliphatic rings. The van der Waals surface area contributed by atoms with Gasteiger partial charge >= 0.3 is 0 Å². The molecule has 0 unspecified atom stereocenters. The molecular formula is C24H31ClN4O. The van der Waals surface area contributed by atoms with Crippen molar-refractivity contribution in [3.8, 4) is 11.3 Å². The molecule has 0 bridgehead atoms. The Morgan fingerprint density at radius 1 is 1.17 bits per heavy atom. The van der Waals surface area contributed by atoms with E-state index in [1.165, 1.54) is 6.42 Å². The van der Waals surface area contributed by atoms with Crippen LogP contribution in [-0.2, 0) is 6.54 Å². The minimum absolute atomic E-state index is 0.0252. The van der Waals surface area contributed by atoms with E-state index in [9.17, 15) is 4.79 Å². The summed E-state index contributed by atoms with van der Waals surface area (Å²) in [7, 11) is 0. The molecule has 0 N–H and O–H groups in total. The van der Waals surface area contributed by atoms with Gasteiger partial charge in [-0.25, -0.2) is 4.98 Å². The van der Waals surface area contributed by atoms with Gasteiger partial charge in [0.05, 0.1) is 5.69 Å². The number of anilines is 1. The Kier molecular flexibility index (Phi) is 5.92. The first-order valence-electron chi connectivity index (χ1n) is 11.0. The lowest BCUT2D eigenvalue weighted by atomic mass is 9.84. The molecule has 3 aromatic rings. The molecule has 0 aliphatic carbocycles. The van der Waals surface area contributed by atoms with E-state index in [2.05, 4.69) is 30.2 Å². The van der Waals surface area contributed by atoms with Crippen LogP contribution in [0.15, 0.2) is 41.3 Å². The fourth-order valence-electron chi connectivity index (χ4n) is 4.46. The van der Waals surface area contributed by atoms with Crippen molar-refractivity contribution in [2.75, 3.05) is 18.0 Å². The third-order valence-corrected chi connectivity index (χ3v) is 6.30. The first-order chi connectivity index (χ1) is 14.4. The number of benzene rings is 1. The second-order valence-electron chi connectivity index (χ2n) is 9.19. The van der Waals surface area contributed by atoms with E-state index in [1.54, 1.807) is 10.5 Å². The van der Waals surface area contributed by atoms with Crippen LogP contribution in [0.4, 0.5) is 5.82 Å². The van der Waals surface area contributed by atoms with Gasteiger partial charge in [0, 0.05) is 42.5 Å². The van der Waals surface area contributed by atoms with Crippen LogP contribution < -0.4 is 10.5 Å². The van der Waals surface area contributed by atoms with Crippen LogP contribution in [0.5, 0.6) is 0 Å². The largest absolute Gasteiger partial charge is 0.357 e. The quantitative estimate of drug-likeness (QED) is 0.479. The van der Waals surface area contributed by atoms with Gasteiger partial charge in [-0.2, -0.15) is 0 Å². The summed E-state index contributed by atoms with van der Waals surface area (Å²) in [6.45, 7) is 9.64. The van der Waals surface area contributed by atoms with Crippen molar-refractivity contribution in [2.24, 2.45) is 5.41 Å². The summed E-state index contributed by atoms with van der Waals surface area (Å²) in [5.74, 6) is 1.73. The van der Waals surface area contributed by atoms with Gasteiger partial charge in [-0.15, -0.1) is 0 Å². The van der Waals surface area contributed by atoms with Crippen molar-refractivity contribution in [2.45, 2.75) is 59.4 Å². The highest BCUT2D eigenvalue weighted by Gasteiger charge is 2.28. The first kappa shape index (κ1) is 21.0. The van der Waals surface area contributed by atoms with E-state index >= 15 is 0 Å².